The number of pyridine rings is 2. The first-order valence-electron chi connectivity index (χ1n) is 8.17. The summed E-state index contributed by atoms with van der Waals surface area (Å²) in [4.78, 5) is 4.66. The Kier molecular flexibility index (Phi) is 2.99. The predicted molar refractivity (Wildman–Crippen MR) is 95.0 cm³/mol. The summed E-state index contributed by atoms with van der Waals surface area (Å²) in [6.45, 7) is 7.41. The van der Waals surface area contributed by atoms with Crippen LogP contribution in [0.1, 0.15) is 30.5 Å². The zero-order valence-corrected chi connectivity index (χ0v) is 14.7. The van der Waals surface area contributed by atoms with Gasteiger partial charge >= 0.3 is 0 Å². The summed E-state index contributed by atoms with van der Waals surface area (Å²) >= 11 is 0. The van der Waals surface area contributed by atoms with Crippen LogP contribution in [-0.2, 0) is 12.7 Å². The molecule has 3 heterocycles. The summed E-state index contributed by atoms with van der Waals surface area (Å²) in [6, 6.07) is 6.04. The molecule has 4 aromatic rings. The van der Waals surface area contributed by atoms with Crippen LogP contribution in [0.2, 0.25) is 0 Å². The molecule has 24 heavy (non-hydrogen) atoms. The summed E-state index contributed by atoms with van der Waals surface area (Å²) in [5, 5.41) is 1.98. The molecule has 3 nitrogen and oxygen atoms in total. The number of benzene rings is 1. The third-order valence-corrected chi connectivity index (χ3v) is 4.88. The fourth-order valence-electron chi connectivity index (χ4n) is 3.73. The van der Waals surface area contributed by atoms with E-state index >= 15 is 0 Å². The van der Waals surface area contributed by atoms with Crippen LogP contribution in [0.5, 0.6) is 0 Å². The van der Waals surface area contributed by atoms with E-state index in [1.165, 1.54) is 5.56 Å². The van der Waals surface area contributed by atoms with Gasteiger partial charge in [0.1, 0.15) is 23.6 Å². The van der Waals surface area contributed by atoms with Crippen LogP contribution in [0.4, 0.5) is 4.39 Å². The van der Waals surface area contributed by atoms with E-state index < -0.39 is 5.67 Å². The van der Waals surface area contributed by atoms with E-state index in [9.17, 15) is 4.39 Å². The maximum Gasteiger partial charge on any atom is 0.296 e. The second-order valence-electron chi connectivity index (χ2n) is 7.08. The van der Waals surface area contributed by atoms with Gasteiger partial charge in [-0.2, -0.15) is 4.40 Å². The Morgan fingerprint density at radius 3 is 2.50 bits per heavy atom. The largest absolute Gasteiger partial charge is 0.296 e. The van der Waals surface area contributed by atoms with Crippen LogP contribution in [0.25, 0.3) is 27.5 Å². The standard InChI is InChI=1S/C20H21FN3/c1-12-6-7-13(2)18-15(12)17-16(19-23(5)10-11-24(18)19)14(8-9-22-17)20(3,4)21/h6-11H,1-5H3/q+1. The van der Waals surface area contributed by atoms with Crippen LogP contribution in [-0.4, -0.2) is 9.38 Å². The number of imidazole rings is 1. The number of aromatic nitrogens is 3. The number of fused-ring (bicyclic) bond motifs is 6. The number of alkyl halides is 1. The van der Waals surface area contributed by atoms with Gasteiger partial charge in [0.25, 0.3) is 5.65 Å². The molecule has 4 rings (SSSR count). The Hall–Kier alpha value is -2.49. The van der Waals surface area contributed by atoms with E-state index in [0.717, 1.165) is 33.0 Å². The molecule has 0 unspecified atom stereocenters. The maximum atomic E-state index is 15.0. The van der Waals surface area contributed by atoms with Crippen LogP contribution < -0.4 is 4.57 Å². The van der Waals surface area contributed by atoms with Crippen molar-refractivity contribution in [2.45, 2.75) is 33.4 Å². The van der Waals surface area contributed by atoms with Crippen molar-refractivity contribution in [2.24, 2.45) is 7.05 Å². The highest BCUT2D eigenvalue weighted by molar-refractivity contribution is 6.12. The summed E-state index contributed by atoms with van der Waals surface area (Å²) in [5.41, 5.74) is 4.56. The van der Waals surface area contributed by atoms with Crippen LogP contribution in [0.15, 0.2) is 36.8 Å². The number of halogens is 1. The molecule has 0 fully saturated rings. The Bertz CT molecular complexity index is 1120. The molecule has 0 saturated carbocycles. The number of hydrogen-bond acceptors (Lipinski definition) is 1. The molecule has 1 aromatic carbocycles. The topological polar surface area (TPSA) is 21.2 Å². The van der Waals surface area contributed by atoms with Crippen molar-refractivity contribution in [1.29, 1.82) is 0 Å². The monoisotopic (exact) mass is 322 g/mol. The summed E-state index contributed by atoms with van der Waals surface area (Å²) in [7, 11) is 1.99. The van der Waals surface area contributed by atoms with Gasteiger partial charge in [-0.25, -0.2) is 8.96 Å². The Labute approximate surface area is 140 Å². The fourth-order valence-corrected chi connectivity index (χ4v) is 3.73. The van der Waals surface area contributed by atoms with E-state index in [4.69, 9.17) is 0 Å². The molecule has 0 amide bonds. The first-order chi connectivity index (χ1) is 11.3. The third-order valence-electron chi connectivity index (χ3n) is 4.88. The minimum atomic E-state index is -1.44. The number of hydrogen-bond donors (Lipinski definition) is 0. The van der Waals surface area contributed by atoms with Gasteiger partial charge in [0.2, 0.25) is 0 Å². The molecule has 0 aliphatic heterocycles. The molecule has 0 aliphatic rings. The lowest BCUT2D eigenvalue weighted by Gasteiger charge is -2.18. The van der Waals surface area contributed by atoms with E-state index in [1.807, 2.05) is 24.0 Å². The molecule has 4 heteroatoms. The van der Waals surface area contributed by atoms with Gasteiger partial charge in [0.05, 0.1) is 23.3 Å². The SMILES string of the molecule is Cc1ccc(C)c2c1c1nccc(C(C)(C)F)c1c1n2cc[n+]1C. The molecular formula is C20H21FN3+. The lowest BCUT2D eigenvalue weighted by Crippen LogP contribution is -2.27. The zero-order valence-electron chi connectivity index (χ0n) is 14.7. The van der Waals surface area contributed by atoms with Gasteiger partial charge in [-0.15, -0.1) is 0 Å². The molecule has 0 spiro atoms. The summed E-state index contributed by atoms with van der Waals surface area (Å²) < 4.78 is 19.2. The van der Waals surface area contributed by atoms with Crippen molar-refractivity contribution in [3.8, 4) is 0 Å². The molecule has 122 valence electrons. The Balaban J connectivity index is 2.45. The molecular weight excluding hydrogens is 301 g/mol. The molecule has 3 aromatic heterocycles. The Morgan fingerprint density at radius 1 is 1.08 bits per heavy atom. The van der Waals surface area contributed by atoms with Crippen molar-refractivity contribution < 1.29 is 8.96 Å². The van der Waals surface area contributed by atoms with Gasteiger partial charge < -0.3 is 0 Å². The number of nitrogens with zero attached hydrogens (tertiary/aromatic N) is 3. The average Bonchev–Trinajstić information content (AvgIpc) is 2.90. The zero-order chi connectivity index (χ0) is 17.2. The van der Waals surface area contributed by atoms with Gasteiger partial charge in [-0.05, 0) is 44.9 Å². The van der Waals surface area contributed by atoms with Gasteiger partial charge in [0, 0.05) is 11.8 Å². The van der Waals surface area contributed by atoms with Gasteiger partial charge in [-0.1, -0.05) is 12.1 Å². The van der Waals surface area contributed by atoms with E-state index in [1.54, 1.807) is 26.1 Å². The molecule has 0 aliphatic carbocycles. The highest BCUT2D eigenvalue weighted by atomic mass is 19.1. The number of rotatable bonds is 1. The minimum absolute atomic E-state index is 0.676. The van der Waals surface area contributed by atoms with E-state index in [0.29, 0.717) is 5.56 Å². The Morgan fingerprint density at radius 2 is 1.79 bits per heavy atom. The maximum absolute atomic E-state index is 15.0. The second-order valence-corrected chi connectivity index (χ2v) is 7.08. The quantitative estimate of drug-likeness (QED) is 0.378. The summed E-state index contributed by atoms with van der Waals surface area (Å²) in [6.07, 6.45) is 5.78. The van der Waals surface area contributed by atoms with E-state index in [2.05, 4.69) is 35.4 Å². The second kappa shape index (κ2) is 4.76. The van der Waals surface area contributed by atoms with Crippen molar-refractivity contribution in [3.05, 3.63) is 53.5 Å². The lowest BCUT2D eigenvalue weighted by atomic mass is 9.94. The van der Waals surface area contributed by atoms with Crippen LogP contribution >= 0.6 is 0 Å². The minimum Gasteiger partial charge on any atom is -0.255 e. The smallest absolute Gasteiger partial charge is 0.255 e. The van der Waals surface area contributed by atoms with Crippen molar-refractivity contribution >= 4 is 27.5 Å². The van der Waals surface area contributed by atoms with E-state index in [-0.39, 0.29) is 0 Å². The lowest BCUT2D eigenvalue weighted by molar-refractivity contribution is -0.643. The van der Waals surface area contributed by atoms with Gasteiger partial charge in [-0.3, -0.25) is 4.98 Å². The van der Waals surface area contributed by atoms with Crippen LogP contribution in [0.3, 0.4) is 0 Å². The molecule has 0 bridgehead atoms. The molecule has 0 saturated heterocycles. The fraction of sp³-hybridized carbons (Fsp3) is 0.300. The first-order valence-corrected chi connectivity index (χ1v) is 8.17. The van der Waals surface area contributed by atoms with Gasteiger partial charge in [0.15, 0.2) is 0 Å². The third kappa shape index (κ3) is 1.89. The normalized spacial score (nSPS) is 12.6. The van der Waals surface area contributed by atoms with Crippen molar-refractivity contribution in [1.82, 2.24) is 9.38 Å². The van der Waals surface area contributed by atoms with Crippen molar-refractivity contribution in [2.75, 3.05) is 0 Å². The highest BCUT2D eigenvalue weighted by Gasteiger charge is 2.29. The van der Waals surface area contributed by atoms with Crippen LogP contribution in [0, 0.1) is 13.8 Å². The van der Waals surface area contributed by atoms with Crippen molar-refractivity contribution in [3.63, 3.8) is 0 Å². The summed E-state index contributed by atoms with van der Waals surface area (Å²) in [5.74, 6) is 0. The molecule has 0 N–H and O–H groups in total. The molecule has 0 atom stereocenters. The first kappa shape index (κ1) is 15.1. The molecule has 0 radical (unpaired) electrons. The average molecular weight is 322 g/mol. The highest BCUT2D eigenvalue weighted by Crippen LogP contribution is 2.37. The predicted octanol–water partition coefficient (Wildman–Crippen LogP) is 4.29. The number of aryl methyl sites for hydroxylation is 3.